The number of rotatable bonds is 0. The van der Waals surface area contributed by atoms with E-state index in [1.54, 1.807) is 0 Å². The minimum absolute atomic E-state index is 0. The van der Waals surface area contributed by atoms with Gasteiger partial charge in [-0.3, -0.25) is 0 Å². The van der Waals surface area contributed by atoms with Crippen LogP contribution in [0.15, 0.2) is 12.1 Å². The van der Waals surface area contributed by atoms with E-state index in [0.29, 0.717) is 10.7 Å². The number of hydrogen-bond donors (Lipinski definition) is 0. The average molecular weight is 197 g/mol. The maximum Gasteiger partial charge on any atom is 2.00 e. The fraction of sp³-hybridized carbons (Fsp3) is 0. The molecule has 0 aliphatic rings. The van der Waals surface area contributed by atoms with E-state index in [1.807, 2.05) is 6.07 Å². The molecule has 1 rings (SSSR count). The number of hydrogen-bond acceptors (Lipinski definition) is 2. The second kappa shape index (κ2) is 6.68. The molecule has 1 aromatic heterocycles. The topological polar surface area (TPSA) is 36.7 Å². The first-order chi connectivity index (χ1) is 4.33. The molecule has 0 fully saturated rings. The average Bonchev–Trinajstić information content (AvgIpc) is 1.88. The molecule has 1 aromatic rings. The third kappa shape index (κ3) is 4.43. The first-order valence-corrected chi connectivity index (χ1v) is 2.64. The molecule has 0 bridgehead atoms. The molecular weight excluding hydrogens is 195 g/mol. The summed E-state index contributed by atoms with van der Waals surface area (Å²) in [5, 5.41) is 8.76. The SMILES string of the molecule is N#Cc1cc(Cl)c[c-]n1.[Cl-].[Mg+2]. The zero-order valence-electron chi connectivity index (χ0n) is 5.51. The van der Waals surface area contributed by atoms with Crippen LogP contribution in [0.3, 0.4) is 0 Å². The van der Waals surface area contributed by atoms with Gasteiger partial charge in [0.1, 0.15) is 0 Å². The van der Waals surface area contributed by atoms with Crippen LogP contribution in [0.2, 0.25) is 5.02 Å². The van der Waals surface area contributed by atoms with Crippen molar-refractivity contribution in [2.24, 2.45) is 0 Å². The summed E-state index contributed by atoms with van der Waals surface area (Å²) < 4.78 is 0. The van der Waals surface area contributed by atoms with E-state index in [-0.39, 0.29) is 35.5 Å². The number of nitrogens with zero attached hydrogens (tertiary/aromatic N) is 2. The Morgan fingerprint density at radius 1 is 1.64 bits per heavy atom. The van der Waals surface area contributed by atoms with E-state index >= 15 is 0 Å². The molecule has 0 aliphatic heterocycles. The van der Waals surface area contributed by atoms with Crippen LogP contribution in [0.1, 0.15) is 5.69 Å². The minimum atomic E-state index is 0. The van der Waals surface area contributed by atoms with Crippen LogP contribution in [0, 0.1) is 17.5 Å². The van der Waals surface area contributed by atoms with Gasteiger partial charge in [0, 0.05) is 5.69 Å². The van der Waals surface area contributed by atoms with Crippen LogP contribution in [0.5, 0.6) is 0 Å². The summed E-state index contributed by atoms with van der Waals surface area (Å²) in [4.78, 5) is 3.59. The van der Waals surface area contributed by atoms with Gasteiger partial charge >= 0.3 is 23.1 Å². The molecule has 0 atom stereocenters. The van der Waals surface area contributed by atoms with Crippen LogP contribution in [-0.4, -0.2) is 28.0 Å². The Kier molecular flexibility index (Phi) is 8.24. The van der Waals surface area contributed by atoms with E-state index < -0.39 is 0 Å². The quantitative estimate of drug-likeness (QED) is 0.357. The molecule has 0 aromatic carbocycles. The molecule has 52 valence electrons. The van der Waals surface area contributed by atoms with Crippen LogP contribution < -0.4 is 12.4 Å². The van der Waals surface area contributed by atoms with Gasteiger partial charge in [-0.05, 0) is 0 Å². The monoisotopic (exact) mass is 196 g/mol. The number of nitriles is 1. The van der Waals surface area contributed by atoms with Gasteiger partial charge in [0.2, 0.25) is 0 Å². The summed E-state index contributed by atoms with van der Waals surface area (Å²) in [7, 11) is 0. The summed E-state index contributed by atoms with van der Waals surface area (Å²) >= 11 is 5.50. The largest absolute Gasteiger partial charge is 2.00 e. The Labute approximate surface area is 92.1 Å². The standard InChI is InChI=1S/C6H2ClN2.ClH.Mg/c7-5-1-2-9-6(3-5)4-8;;/h1,3H;1H;/q-1;;+2/p-1. The summed E-state index contributed by atoms with van der Waals surface area (Å²) in [6, 6.07) is 4.83. The molecule has 0 N–H and O–H groups in total. The van der Waals surface area contributed by atoms with Crippen LogP contribution in [0.25, 0.3) is 0 Å². The van der Waals surface area contributed by atoms with Gasteiger partial charge in [0.15, 0.2) is 0 Å². The number of pyridine rings is 1. The first-order valence-electron chi connectivity index (χ1n) is 2.26. The summed E-state index contributed by atoms with van der Waals surface area (Å²) in [5.41, 5.74) is 0.294. The van der Waals surface area contributed by atoms with E-state index in [2.05, 4.69) is 11.2 Å². The molecule has 0 amide bonds. The van der Waals surface area contributed by atoms with Gasteiger partial charge in [0.05, 0.1) is 6.07 Å². The fourth-order valence-corrected chi connectivity index (χ4v) is 0.577. The Hall–Kier alpha value is -0.0138. The summed E-state index contributed by atoms with van der Waals surface area (Å²) in [6.45, 7) is 0. The van der Waals surface area contributed by atoms with Crippen molar-refractivity contribution in [1.82, 2.24) is 4.98 Å². The number of halogens is 2. The molecule has 2 nitrogen and oxygen atoms in total. The molecule has 0 radical (unpaired) electrons. The number of aromatic nitrogens is 1. The van der Waals surface area contributed by atoms with Crippen molar-refractivity contribution in [2.45, 2.75) is 0 Å². The zero-order chi connectivity index (χ0) is 6.69. The van der Waals surface area contributed by atoms with Crippen LogP contribution in [-0.2, 0) is 0 Å². The smallest absolute Gasteiger partial charge is 1.00 e. The predicted octanol–water partition coefficient (Wildman–Crippen LogP) is -1.97. The van der Waals surface area contributed by atoms with Gasteiger partial charge in [-0.15, -0.1) is 12.1 Å². The zero-order valence-corrected chi connectivity index (χ0v) is 8.44. The molecule has 1 heterocycles. The fourth-order valence-electron chi connectivity index (χ4n) is 0.425. The van der Waals surface area contributed by atoms with E-state index in [4.69, 9.17) is 16.9 Å². The third-order valence-electron chi connectivity index (χ3n) is 0.777. The normalized spacial score (nSPS) is 6.91. The van der Waals surface area contributed by atoms with Crippen molar-refractivity contribution >= 4 is 34.7 Å². The van der Waals surface area contributed by atoms with E-state index in [0.717, 1.165) is 0 Å². The molecule has 0 saturated carbocycles. The Morgan fingerprint density at radius 2 is 2.27 bits per heavy atom. The predicted molar refractivity (Wildman–Crippen MR) is 38.6 cm³/mol. The van der Waals surface area contributed by atoms with Crippen molar-refractivity contribution < 1.29 is 12.4 Å². The van der Waals surface area contributed by atoms with Gasteiger partial charge in [-0.25, -0.2) is 5.26 Å². The summed E-state index contributed by atoms with van der Waals surface area (Å²) in [6.07, 6.45) is 2.48. The third-order valence-corrected chi connectivity index (χ3v) is 0.995. The molecule has 0 aliphatic carbocycles. The molecule has 11 heavy (non-hydrogen) atoms. The molecule has 0 saturated heterocycles. The van der Waals surface area contributed by atoms with Crippen molar-refractivity contribution in [3.63, 3.8) is 0 Å². The molecule has 0 unspecified atom stereocenters. The van der Waals surface area contributed by atoms with Gasteiger partial charge in [-0.1, -0.05) is 11.2 Å². The Balaban J connectivity index is 0. The van der Waals surface area contributed by atoms with E-state index in [1.165, 1.54) is 12.1 Å². The first kappa shape index (κ1) is 13.6. The van der Waals surface area contributed by atoms with Crippen LogP contribution in [0.4, 0.5) is 0 Å². The maximum atomic E-state index is 8.27. The second-order valence-corrected chi connectivity index (χ2v) is 1.85. The van der Waals surface area contributed by atoms with Gasteiger partial charge in [-0.2, -0.15) is 11.6 Å². The van der Waals surface area contributed by atoms with Crippen molar-refractivity contribution in [3.05, 3.63) is 29.0 Å². The van der Waals surface area contributed by atoms with Gasteiger partial charge in [0.25, 0.3) is 0 Å². The second-order valence-electron chi connectivity index (χ2n) is 1.41. The Bertz CT molecular complexity index is 259. The van der Waals surface area contributed by atoms with E-state index in [9.17, 15) is 0 Å². The van der Waals surface area contributed by atoms with Crippen LogP contribution >= 0.6 is 11.6 Å². The molecule has 0 spiro atoms. The Morgan fingerprint density at radius 3 is 2.64 bits per heavy atom. The van der Waals surface area contributed by atoms with Gasteiger partial charge < -0.3 is 17.4 Å². The summed E-state index contributed by atoms with van der Waals surface area (Å²) in [5.74, 6) is 0. The van der Waals surface area contributed by atoms with Crippen molar-refractivity contribution in [1.29, 1.82) is 5.26 Å². The van der Waals surface area contributed by atoms with Crippen molar-refractivity contribution in [3.8, 4) is 6.07 Å². The minimum Gasteiger partial charge on any atom is -1.00 e. The van der Waals surface area contributed by atoms with Crippen molar-refractivity contribution in [2.75, 3.05) is 0 Å². The molecular formula is C6H2Cl2MgN2. The molecule has 5 heteroatoms. The maximum absolute atomic E-state index is 8.27.